The largest absolute Gasteiger partial charge is 0.379 e. The highest BCUT2D eigenvalue weighted by atomic mass is 16.5. The van der Waals surface area contributed by atoms with Gasteiger partial charge in [-0.1, -0.05) is 76.2 Å². The van der Waals surface area contributed by atoms with E-state index in [4.69, 9.17) is 9.72 Å². The summed E-state index contributed by atoms with van der Waals surface area (Å²) in [5.74, 6) is 0. The summed E-state index contributed by atoms with van der Waals surface area (Å²) in [7, 11) is 0. The fourth-order valence-electron chi connectivity index (χ4n) is 5.07. The van der Waals surface area contributed by atoms with Gasteiger partial charge in [0, 0.05) is 42.5 Å². The zero-order valence-corrected chi connectivity index (χ0v) is 23.4. The maximum absolute atomic E-state index is 13.2. The highest BCUT2D eigenvalue weighted by Crippen LogP contribution is 2.34. The van der Waals surface area contributed by atoms with E-state index in [0.717, 1.165) is 83.8 Å². The van der Waals surface area contributed by atoms with Gasteiger partial charge >= 0.3 is 6.03 Å². The van der Waals surface area contributed by atoms with Crippen LogP contribution in [0.25, 0.3) is 21.9 Å². The Hall–Kier alpha value is -3.74. The molecule has 1 aliphatic rings. The number of ether oxygens (including phenoxy) is 1. The molecule has 0 atom stereocenters. The molecule has 3 aromatic carbocycles. The number of nitrogens with one attached hydrogen (secondary N) is 2. The minimum atomic E-state index is -0.247. The smallest absolute Gasteiger partial charge is 0.323 e. The third-order valence-electron chi connectivity index (χ3n) is 7.40. The maximum Gasteiger partial charge on any atom is 0.323 e. The minimum Gasteiger partial charge on any atom is -0.379 e. The van der Waals surface area contributed by atoms with Gasteiger partial charge in [-0.3, -0.25) is 9.88 Å². The van der Waals surface area contributed by atoms with E-state index in [1.54, 1.807) is 0 Å². The maximum atomic E-state index is 13.2. The van der Waals surface area contributed by atoms with Crippen LogP contribution in [-0.4, -0.2) is 42.2 Å². The second-order valence-corrected chi connectivity index (χ2v) is 11.2. The van der Waals surface area contributed by atoms with E-state index < -0.39 is 0 Å². The summed E-state index contributed by atoms with van der Waals surface area (Å²) < 4.78 is 5.45. The molecule has 1 aliphatic heterocycles. The van der Waals surface area contributed by atoms with Crippen LogP contribution in [0.2, 0.25) is 0 Å². The molecule has 0 saturated carbocycles. The van der Waals surface area contributed by atoms with E-state index in [9.17, 15) is 4.79 Å². The highest BCUT2D eigenvalue weighted by Gasteiger charge is 2.17. The molecule has 5 rings (SSSR count). The summed E-state index contributed by atoms with van der Waals surface area (Å²) in [4.78, 5) is 20.3. The summed E-state index contributed by atoms with van der Waals surface area (Å²) in [5, 5.41) is 8.26. The van der Waals surface area contributed by atoms with Gasteiger partial charge in [-0.25, -0.2) is 4.79 Å². The predicted molar refractivity (Wildman–Crippen MR) is 160 cm³/mol. The van der Waals surface area contributed by atoms with E-state index in [2.05, 4.69) is 85.7 Å². The number of hydrogen-bond donors (Lipinski definition) is 2. The molecular weight excluding hydrogens is 484 g/mol. The van der Waals surface area contributed by atoms with Crippen molar-refractivity contribution in [2.24, 2.45) is 0 Å². The molecule has 1 saturated heterocycles. The van der Waals surface area contributed by atoms with Crippen molar-refractivity contribution in [3.8, 4) is 11.1 Å². The van der Waals surface area contributed by atoms with Gasteiger partial charge in [0.1, 0.15) is 0 Å². The van der Waals surface area contributed by atoms with Gasteiger partial charge in [-0.2, -0.15) is 0 Å². The number of benzene rings is 3. The third-order valence-corrected chi connectivity index (χ3v) is 7.40. The van der Waals surface area contributed by atoms with Crippen LogP contribution in [0, 0.1) is 0 Å². The van der Waals surface area contributed by atoms with Crippen molar-refractivity contribution in [3.63, 3.8) is 0 Å². The number of aromatic nitrogens is 1. The van der Waals surface area contributed by atoms with Crippen LogP contribution in [-0.2, 0) is 23.1 Å². The molecule has 0 spiro atoms. The number of rotatable bonds is 6. The van der Waals surface area contributed by atoms with Gasteiger partial charge in [0.05, 0.1) is 24.6 Å². The summed E-state index contributed by atoms with van der Waals surface area (Å²) in [5.41, 5.74) is 7.13. The summed E-state index contributed by atoms with van der Waals surface area (Å²) >= 11 is 0. The molecule has 2 amide bonds. The normalized spacial score (nSPS) is 14.4. The number of carbonyl (C=O) groups excluding carboxylic acids is 1. The molecule has 1 fully saturated rings. The summed E-state index contributed by atoms with van der Waals surface area (Å²) in [6.07, 6.45) is 2.79. The summed E-state index contributed by atoms with van der Waals surface area (Å²) in [6.45, 7) is 12.9. The van der Waals surface area contributed by atoms with E-state index in [1.807, 2.05) is 30.5 Å². The molecule has 2 N–H and O–H groups in total. The van der Waals surface area contributed by atoms with Crippen molar-refractivity contribution in [1.82, 2.24) is 9.88 Å². The predicted octanol–water partition coefficient (Wildman–Crippen LogP) is 7.24. The van der Waals surface area contributed by atoms with Crippen LogP contribution in [0.1, 0.15) is 44.5 Å². The zero-order chi connectivity index (χ0) is 27.4. The van der Waals surface area contributed by atoms with Crippen molar-refractivity contribution in [1.29, 1.82) is 0 Å². The second-order valence-electron chi connectivity index (χ2n) is 11.2. The van der Waals surface area contributed by atoms with E-state index in [1.165, 1.54) is 5.56 Å². The molecule has 2 heterocycles. The fourth-order valence-corrected chi connectivity index (χ4v) is 5.07. The van der Waals surface area contributed by atoms with Crippen molar-refractivity contribution in [3.05, 3.63) is 89.7 Å². The van der Waals surface area contributed by atoms with Gasteiger partial charge in [0.25, 0.3) is 0 Å². The lowest BCUT2D eigenvalue weighted by Crippen LogP contribution is -2.35. The Kier molecular flexibility index (Phi) is 7.96. The number of pyridine rings is 1. The number of morpholine rings is 1. The first-order valence-electron chi connectivity index (χ1n) is 13.8. The molecule has 0 bridgehead atoms. The lowest BCUT2D eigenvalue weighted by molar-refractivity contribution is 0.0336. The molecule has 6 heteroatoms. The van der Waals surface area contributed by atoms with Crippen molar-refractivity contribution in [2.75, 3.05) is 36.9 Å². The Labute approximate surface area is 231 Å². The lowest BCUT2D eigenvalue weighted by Gasteiger charge is -2.26. The van der Waals surface area contributed by atoms with E-state index in [0.29, 0.717) is 0 Å². The SMILES string of the molecule is CCc1ccc(C(C)(C)C)cc1NC(=O)Nc1ccc(-c2ccc(CN3CCOCC3)nc2)c2ccccc12. The number of amides is 2. The Morgan fingerprint density at radius 3 is 2.36 bits per heavy atom. The van der Waals surface area contributed by atoms with Crippen LogP contribution in [0.4, 0.5) is 16.2 Å². The highest BCUT2D eigenvalue weighted by molar-refractivity contribution is 6.09. The Balaban J connectivity index is 1.36. The van der Waals surface area contributed by atoms with Gasteiger partial charge in [0.15, 0.2) is 0 Å². The minimum absolute atomic E-state index is 0.000771. The number of urea groups is 1. The first-order chi connectivity index (χ1) is 18.8. The topological polar surface area (TPSA) is 66.5 Å². The van der Waals surface area contributed by atoms with Crippen LogP contribution in [0.5, 0.6) is 0 Å². The molecule has 1 aromatic heterocycles. The van der Waals surface area contributed by atoms with Crippen LogP contribution >= 0.6 is 0 Å². The molecule has 4 aromatic rings. The monoisotopic (exact) mass is 522 g/mol. The Morgan fingerprint density at radius 1 is 0.923 bits per heavy atom. The Bertz CT molecular complexity index is 1450. The molecule has 0 aliphatic carbocycles. The van der Waals surface area contributed by atoms with Gasteiger partial charge in [0.2, 0.25) is 0 Å². The fraction of sp³-hybridized carbons (Fsp3) is 0.333. The molecule has 0 unspecified atom stereocenters. The Morgan fingerprint density at radius 2 is 1.67 bits per heavy atom. The number of nitrogens with zero attached hydrogens (tertiary/aromatic N) is 2. The molecular formula is C33H38N4O2. The first kappa shape index (κ1) is 26.9. The number of anilines is 2. The van der Waals surface area contributed by atoms with Crippen molar-refractivity contribution in [2.45, 2.75) is 46.1 Å². The number of fused-ring (bicyclic) bond motifs is 1. The number of hydrogen-bond acceptors (Lipinski definition) is 4. The van der Waals surface area contributed by atoms with Crippen LogP contribution in [0.3, 0.4) is 0 Å². The lowest BCUT2D eigenvalue weighted by atomic mass is 9.86. The van der Waals surface area contributed by atoms with Gasteiger partial charge < -0.3 is 15.4 Å². The van der Waals surface area contributed by atoms with E-state index in [-0.39, 0.29) is 11.4 Å². The summed E-state index contributed by atoms with van der Waals surface area (Å²) in [6, 6.07) is 22.6. The average Bonchev–Trinajstić information content (AvgIpc) is 2.94. The van der Waals surface area contributed by atoms with Gasteiger partial charge in [-0.15, -0.1) is 0 Å². The zero-order valence-electron chi connectivity index (χ0n) is 23.4. The molecule has 39 heavy (non-hydrogen) atoms. The molecule has 202 valence electrons. The third kappa shape index (κ3) is 6.29. The molecule has 6 nitrogen and oxygen atoms in total. The van der Waals surface area contributed by atoms with Crippen LogP contribution < -0.4 is 10.6 Å². The quantitative estimate of drug-likeness (QED) is 0.280. The first-order valence-corrected chi connectivity index (χ1v) is 13.8. The van der Waals surface area contributed by atoms with Crippen molar-refractivity contribution < 1.29 is 9.53 Å². The standard InChI is InChI=1S/C33H38N4O2/c1-5-23-10-12-25(33(2,3)4)20-31(23)36-32(38)35-30-15-14-27(28-8-6-7-9-29(28)30)24-11-13-26(34-21-24)22-37-16-18-39-19-17-37/h6-15,20-21H,5,16-19,22H2,1-4H3,(H2,35,36,38). The van der Waals surface area contributed by atoms with Gasteiger partial charge in [-0.05, 0) is 52.1 Å². The van der Waals surface area contributed by atoms with Crippen molar-refractivity contribution >= 4 is 28.2 Å². The molecule has 0 radical (unpaired) electrons. The van der Waals surface area contributed by atoms with E-state index >= 15 is 0 Å². The van der Waals surface area contributed by atoms with Crippen LogP contribution in [0.15, 0.2) is 72.9 Å². The average molecular weight is 523 g/mol. The second kappa shape index (κ2) is 11.6. The number of aryl methyl sites for hydroxylation is 1. The number of carbonyl (C=O) groups is 1.